The lowest BCUT2D eigenvalue weighted by Gasteiger charge is -2.03. The highest BCUT2D eigenvalue weighted by Gasteiger charge is 2.17. The van der Waals surface area contributed by atoms with E-state index >= 15 is 0 Å². The van der Waals surface area contributed by atoms with E-state index in [1.54, 1.807) is 0 Å². The van der Waals surface area contributed by atoms with Crippen molar-refractivity contribution < 1.29 is 25.9 Å². The van der Waals surface area contributed by atoms with Crippen LogP contribution in [-0.4, -0.2) is 25.9 Å². The molecule has 0 aromatic heterocycles. The number of halogens is 1. The van der Waals surface area contributed by atoms with Gasteiger partial charge in [-0.1, -0.05) is 11.6 Å². The van der Waals surface area contributed by atoms with Gasteiger partial charge in [0.15, 0.2) is 0 Å². The molecule has 0 saturated carbocycles. The van der Waals surface area contributed by atoms with Gasteiger partial charge in [-0.2, -0.15) is 27.1 Å². The minimum absolute atomic E-state index is 0.0564. The normalized spacial score (nSPS) is 12.6. The summed E-state index contributed by atoms with van der Waals surface area (Å²) in [5, 5.41) is 15.6. The quantitative estimate of drug-likeness (QED) is 0.237. The van der Waals surface area contributed by atoms with Crippen LogP contribution in [0.15, 0.2) is 90.9 Å². The van der Waals surface area contributed by atoms with Gasteiger partial charge >= 0.3 is 0 Å². The molecule has 0 unspecified atom stereocenters. The van der Waals surface area contributed by atoms with Crippen LogP contribution in [-0.2, 0) is 20.2 Å². The third kappa shape index (κ3) is 5.93. The largest absolute Gasteiger partial charge is 0.399 e. The Labute approximate surface area is 187 Å². The Balaban J connectivity index is 1.91. The molecule has 32 heavy (non-hydrogen) atoms. The van der Waals surface area contributed by atoms with Crippen LogP contribution in [0, 0.1) is 0 Å². The predicted molar refractivity (Wildman–Crippen MR) is 117 cm³/mol. The maximum absolute atomic E-state index is 11.8. The summed E-state index contributed by atoms with van der Waals surface area (Å²) in [4.78, 5) is -0.882. The van der Waals surface area contributed by atoms with Gasteiger partial charge in [-0.3, -0.25) is 9.11 Å². The first-order valence-corrected chi connectivity index (χ1v) is 11.8. The van der Waals surface area contributed by atoms with Crippen LogP contribution in [0.1, 0.15) is 0 Å². The van der Waals surface area contributed by atoms with Gasteiger partial charge in [-0.15, -0.1) is 10.2 Å². The summed E-state index contributed by atoms with van der Waals surface area (Å²) in [5.41, 5.74) is 6.37. The Morgan fingerprint density at radius 1 is 0.688 bits per heavy atom. The van der Waals surface area contributed by atoms with E-state index in [1.165, 1.54) is 42.5 Å². The van der Waals surface area contributed by atoms with E-state index < -0.39 is 25.1 Å². The Morgan fingerprint density at radius 3 is 1.84 bits per heavy atom. The fourth-order valence-electron chi connectivity index (χ4n) is 2.37. The van der Waals surface area contributed by atoms with Crippen molar-refractivity contribution in [2.45, 2.75) is 9.79 Å². The van der Waals surface area contributed by atoms with Gasteiger partial charge in [0.2, 0.25) is 0 Å². The van der Waals surface area contributed by atoms with Gasteiger partial charge in [0.1, 0.15) is 16.3 Å². The van der Waals surface area contributed by atoms with E-state index in [4.69, 9.17) is 21.9 Å². The topological polar surface area (TPSA) is 184 Å². The van der Waals surface area contributed by atoms with Crippen molar-refractivity contribution >= 4 is 60.3 Å². The van der Waals surface area contributed by atoms with Crippen LogP contribution in [0.3, 0.4) is 0 Å². The number of azo groups is 2. The summed E-state index contributed by atoms with van der Waals surface area (Å²) in [5.74, 6) is 0. The average molecular weight is 496 g/mol. The molecule has 166 valence electrons. The summed E-state index contributed by atoms with van der Waals surface area (Å²) < 4.78 is 64.2. The van der Waals surface area contributed by atoms with E-state index in [9.17, 15) is 21.4 Å². The molecule has 14 heteroatoms. The molecule has 0 atom stereocenters. The monoisotopic (exact) mass is 495 g/mol. The number of nitrogens with two attached hydrogens (primary N) is 1. The summed E-state index contributed by atoms with van der Waals surface area (Å²) in [6.45, 7) is 0. The van der Waals surface area contributed by atoms with Gasteiger partial charge in [0, 0.05) is 5.69 Å². The van der Waals surface area contributed by atoms with E-state index in [-0.39, 0.29) is 32.7 Å². The highest BCUT2D eigenvalue weighted by atomic mass is 35.5. The van der Waals surface area contributed by atoms with Crippen LogP contribution in [0.5, 0.6) is 0 Å². The Morgan fingerprint density at radius 2 is 1.25 bits per heavy atom. The fraction of sp³-hybridized carbons (Fsp3) is 0. The molecule has 4 N–H and O–H groups in total. The fourth-order valence-corrected chi connectivity index (χ4v) is 3.72. The average Bonchev–Trinajstić information content (AvgIpc) is 2.71. The molecule has 0 spiro atoms. The molecule has 3 rings (SSSR count). The zero-order valence-corrected chi connectivity index (χ0v) is 18.3. The van der Waals surface area contributed by atoms with E-state index in [0.29, 0.717) is 5.69 Å². The lowest BCUT2D eigenvalue weighted by molar-refractivity contribution is 0.481. The summed E-state index contributed by atoms with van der Waals surface area (Å²) in [7, 11) is -9.03. The molecule has 0 bridgehead atoms. The predicted octanol–water partition coefficient (Wildman–Crippen LogP) is 5.25. The first-order valence-electron chi connectivity index (χ1n) is 8.51. The van der Waals surface area contributed by atoms with Crippen molar-refractivity contribution in [3.8, 4) is 0 Å². The van der Waals surface area contributed by atoms with Crippen molar-refractivity contribution in [1.82, 2.24) is 0 Å². The molecule has 0 saturated heterocycles. The summed E-state index contributed by atoms with van der Waals surface area (Å²) >= 11 is 6.01. The van der Waals surface area contributed by atoms with Gasteiger partial charge < -0.3 is 5.73 Å². The SMILES string of the molecule is Nc1ccc(N=Nc2ccc(N=Nc3ccc(S(=O)(=O)O)cc3)cc2S(=O)(=O)O)c(Cl)c1. The summed E-state index contributed by atoms with van der Waals surface area (Å²) in [6, 6.07) is 13.0. The standard InChI is InChI=1S/C18H14ClN5O6S2/c19-15-9-11(20)1-7-16(15)23-24-17-8-4-13(10-18(17)32(28,29)30)22-21-12-2-5-14(6-3-12)31(25,26)27/h1-10H,20H2,(H,25,26,27)(H,28,29,30). The number of hydrogen-bond acceptors (Lipinski definition) is 9. The smallest absolute Gasteiger partial charge is 0.296 e. The second-order valence-electron chi connectivity index (χ2n) is 6.21. The molecule has 11 nitrogen and oxygen atoms in total. The molecule has 0 amide bonds. The van der Waals surface area contributed by atoms with Gasteiger partial charge in [-0.05, 0) is 60.7 Å². The second kappa shape index (κ2) is 9.10. The number of anilines is 1. The maximum Gasteiger partial charge on any atom is 0.296 e. The third-order valence-corrected chi connectivity index (χ3v) is 5.93. The number of benzene rings is 3. The highest BCUT2D eigenvalue weighted by Crippen LogP contribution is 2.33. The zero-order valence-electron chi connectivity index (χ0n) is 15.9. The lowest BCUT2D eigenvalue weighted by Crippen LogP contribution is -1.98. The van der Waals surface area contributed by atoms with Crippen molar-refractivity contribution in [3.63, 3.8) is 0 Å². The Kier molecular flexibility index (Phi) is 6.66. The third-order valence-electron chi connectivity index (χ3n) is 3.87. The molecular formula is C18H14ClN5O6S2. The highest BCUT2D eigenvalue weighted by molar-refractivity contribution is 7.86. The molecule has 0 fully saturated rings. The molecule has 0 aliphatic heterocycles. The minimum Gasteiger partial charge on any atom is -0.399 e. The van der Waals surface area contributed by atoms with Crippen LogP contribution in [0.2, 0.25) is 5.02 Å². The zero-order chi connectivity index (χ0) is 23.5. The van der Waals surface area contributed by atoms with Gasteiger partial charge in [0.25, 0.3) is 20.2 Å². The molecule has 3 aromatic rings. The first kappa shape index (κ1) is 23.4. The van der Waals surface area contributed by atoms with Crippen LogP contribution < -0.4 is 5.73 Å². The second-order valence-corrected chi connectivity index (χ2v) is 9.43. The number of rotatable bonds is 6. The lowest BCUT2D eigenvalue weighted by atomic mass is 10.3. The first-order chi connectivity index (χ1) is 14.9. The van der Waals surface area contributed by atoms with Crippen LogP contribution in [0.25, 0.3) is 0 Å². The van der Waals surface area contributed by atoms with E-state index in [0.717, 1.165) is 18.2 Å². The van der Waals surface area contributed by atoms with E-state index in [2.05, 4.69) is 20.5 Å². The number of hydrogen-bond donors (Lipinski definition) is 3. The van der Waals surface area contributed by atoms with Crippen molar-refractivity contribution in [2.75, 3.05) is 5.73 Å². The van der Waals surface area contributed by atoms with Gasteiger partial charge in [0.05, 0.1) is 21.3 Å². The Hall–Kier alpha value is -3.23. The van der Waals surface area contributed by atoms with Crippen LogP contribution in [0.4, 0.5) is 28.4 Å². The van der Waals surface area contributed by atoms with E-state index in [1.807, 2.05) is 0 Å². The minimum atomic E-state index is -4.69. The molecule has 0 radical (unpaired) electrons. The molecular weight excluding hydrogens is 482 g/mol. The molecule has 0 aliphatic carbocycles. The number of nitrogen functional groups attached to an aromatic ring is 1. The molecule has 0 heterocycles. The van der Waals surface area contributed by atoms with Crippen molar-refractivity contribution in [2.24, 2.45) is 20.5 Å². The number of nitrogens with zero attached hydrogens (tertiary/aromatic N) is 4. The maximum atomic E-state index is 11.8. The Bertz CT molecular complexity index is 1440. The van der Waals surface area contributed by atoms with Crippen molar-refractivity contribution in [1.29, 1.82) is 0 Å². The molecule has 3 aromatic carbocycles. The van der Waals surface area contributed by atoms with Gasteiger partial charge in [-0.25, -0.2) is 0 Å². The van der Waals surface area contributed by atoms with Crippen molar-refractivity contribution in [3.05, 3.63) is 65.7 Å². The molecule has 0 aliphatic rings. The summed E-state index contributed by atoms with van der Waals surface area (Å²) in [6.07, 6.45) is 0. The van der Waals surface area contributed by atoms with Crippen LogP contribution >= 0.6 is 11.6 Å².